The summed E-state index contributed by atoms with van der Waals surface area (Å²) < 4.78 is 5.41. The summed E-state index contributed by atoms with van der Waals surface area (Å²) in [5, 5.41) is 3.54. The smallest absolute Gasteiger partial charge is 0.124 e. The first-order chi connectivity index (χ1) is 7.63. The van der Waals surface area contributed by atoms with Crippen molar-refractivity contribution >= 4 is 5.69 Å². The number of fused-ring (bicyclic) bond motifs is 1. The van der Waals surface area contributed by atoms with Gasteiger partial charge in [0.05, 0.1) is 7.11 Å². The van der Waals surface area contributed by atoms with Crippen molar-refractivity contribution in [3.05, 3.63) is 23.3 Å². The number of rotatable bonds is 2. The zero-order chi connectivity index (χ0) is 11.7. The average Bonchev–Trinajstić information content (AvgIpc) is 2.26. The number of nitrogens with two attached hydrogens (primary N) is 1. The molecular formula is C13H20N2O. The van der Waals surface area contributed by atoms with Crippen molar-refractivity contribution in [2.24, 2.45) is 5.92 Å². The van der Waals surface area contributed by atoms with Crippen molar-refractivity contribution in [1.82, 2.24) is 5.32 Å². The molecule has 0 amide bonds. The molecule has 1 unspecified atom stereocenters. The Morgan fingerprint density at radius 1 is 1.44 bits per heavy atom. The predicted octanol–water partition coefficient (Wildman–Crippen LogP) is 2.12. The summed E-state index contributed by atoms with van der Waals surface area (Å²) in [4.78, 5) is 0. The third kappa shape index (κ3) is 1.87. The highest BCUT2D eigenvalue weighted by molar-refractivity contribution is 5.55. The molecule has 3 heteroatoms. The highest BCUT2D eigenvalue weighted by Gasteiger charge is 2.25. The number of hydrogen-bond acceptors (Lipinski definition) is 3. The molecule has 0 radical (unpaired) electrons. The Morgan fingerprint density at radius 3 is 2.81 bits per heavy atom. The maximum atomic E-state index is 5.91. The van der Waals surface area contributed by atoms with Crippen LogP contribution in [0.5, 0.6) is 5.75 Å². The Hall–Kier alpha value is -1.22. The van der Waals surface area contributed by atoms with E-state index >= 15 is 0 Å². The van der Waals surface area contributed by atoms with Crippen LogP contribution in [0.15, 0.2) is 12.1 Å². The van der Waals surface area contributed by atoms with Gasteiger partial charge < -0.3 is 15.8 Å². The summed E-state index contributed by atoms with van der Waals surface area (Å²) in [7, 11) is 1.71. The first-order valence-corrected chi connectivity index (χ1v) is 5.83. The van der Waals surface area contributed by atoms with Crippen LogP contribution in [0.1, 0.15) is 31.0 Å². The Morgan fingerprint density at radius 2 is 2.19 bits per heavy atom. The lowest BCUT2D eigenvalue weighted by Crippen LogP contribution is -2.33. The van der Waals surface area contributed by atoms with Gasteiger partial charge in [-0.05, 0) is 30.5 Å². The molecule has 16 heavy (non-hydrogen) atoms. The van der Waals surface area contributed by atoms with Gasteiger partial charge >= 0.3 is 0 Å². The summed E-state index contributed by atoms with van der Waals surface area (Å²) in [5.41, 5.74) is 9.31. The van der Waals surface area contributed by atoms with Crippen LogP contribution in [0.25, 0.3) is 0 Å². The quantitative estimate of drug-likeness (QED) is 0.750. The summed E-state index contributed by atoms with van der Waals surface area (Å²) in [5.74, 6) is 1.49. The molecule has 1 aliphatic rings. The summed E-state index contributed by atoms with van der Waals surface area (Å²) >= 11 is 0. The van der Waals surface area contributed by atoms with E-state index in [0.717, 1.165) is 24.4 Å². The molecule has 0 saturated carbocycles. The first-order valence-electron chi connectivity index (χ1n) is 5.83. The number of ether oxygens (including phenoxy) is 1. The Balaban J connectivity index is 2.51. The minimum absolute atomic E-state index is 0.390. The SMILES string of the molecule is COc1cc(N)cc2c1CCNC2C(C)C. The highest BCUT2D eigenvalue weighted by atomic mass is 16.5. The van der Waals surface area contributed by atoms with Gasteiger partial charge in [0.15, 0.2) is 0 Å². The minimum atomic E-state index is 0.390. The second kappa shape index (κ2) is 4.34. The number of nitrogen functional groups attached to an aromatic ring is 1. The van der Waals surface area contributed by atoms with Gasteiger partial charge in [0, 0.05) is 23.4 Å². The fourth-order valence-electron chi connectivity index (χ4n) is 2.47. The van der Waals surface area contributed by atoms with Gasteiger partial charge in [0.1, 0.15) is 5.75 Å². The van der Waals surface area contributed by atoms with Crippen molar-refractivity contribution in [3.8, 4) is 5.75 Å². The molecule has 3 N–H and O–H groups in total. The van der Waals surface area contributed by atoms with E-state index in [2.05, 4.69) is 25.2 Å². The molecule has 0 aromatic heterocycles. The van der Waals surface area contributed by atoms with E-state index in [9.17, 15) is 0 Å². The second-order valence-electron chi connectivity index (χ2n) is 4.72. The van der Waals surface area contributed by atoms with Crippen LogP contribution in [0.4, 0.5) is 5.69 Å². The van der Waals surface area contributed by atoms with Gasteiger partial charge in [0.25, 0.3) is 0 Å². The van der Waals surface area contributed by atoms with E-state index in [4.69, 9.17) is 10.5 Å². The summed E-state index contributed by atoms with van der Waals surface area (Å²) in [6.45, 7) is 5.46. The Labute approximate surface area is 97.0 Å². The van der Waals surface area contributed by atoms with Crippen molar-refractivity contribution < 1.29 is 4.74 Å². The van der Waals surface area contributed by atoms with Gasteiger partial charge in [-0.15, -0.1) is 0 Å². The van der Waals surface area contributed by atoms with Crippen LogP contribution in [0.3, 0.4) is 0 Å². The predicted molar refractivity (Wildman–Crippen MR) is 66.7 cm³/mol. The van der Waals surface area contributed by atoms with E-state index in [0.29, 0.717) is 12.0 Å². The van der Waals surface area contributed by atoms with E-state index in [1.165, 1.54) is 11.1 Å². The van der Waals surface area contributed by atoms with E-state index in [1.54, 1.807) is 7.11 Å². The van der Waals surface area contributed by atoms with Crippen LogP contribution in [0.2, 0.25) is 0 Å². The van der Waals surface area contributed by atoms with E-state index in [1.807, 2.05) is 6.07 Å². The lowest BCUT2D eigenvalue weighted by molar-refractivity contribution is 0.374. The van der Waals surface area contributed by atoms with Crippen molar-refractivity contribution in [2.45, 2.75) is 26.3 Å². The molecule has 0 aliphatic carbocycles. The molecule has 0 spiro atoms. The maximum Gasteiger partial charge on any atom is 0.124 e. The van der Waals surface area contributed by atoms with Crippen LogP contribution < -0.4 is 15.8 Å². The van der Waals surface area contributed by atoms with Crippen LogP contribution in [-0.4, -0.2) is 13.7 Å². The molecule has 0 bridgehead atoms. The number of methoxy groups -OCH3 is 1. The number of benzene rings is 1. The molecule has 1 atom stereocenters. The van der Waals surface area contributed by atoms with Crippen molar-refractivity contribution in [1.29, 1.82) is 0 Å². The van der Waals surface area contributed by atoms with E-state index in [-0.39, 0.29) is 0 Å². The van der Waals surface area contributed by atoms with Crippen LogP contribution in [0, 0.1) is 5.92 Å². The first kappa shape index (κ1) is 11.3. The van der Waals surface area contributed by atoms with Gasteiger partial charge in [-0.25, -0.2) is 0 Å². The molecule has 1 aliphatic heterocycles. The minimum Gasteiger partial charge on any atom is -0.496 e. The number of anilines is 1. The van der Waals surface area contributed by atoms with Crippen molar-refractivity contribution in [3.63, 3.8) is 0 Å². The summed E-state index contributed by atoms with van der Waals surface area (Å²) in [6, 6.07) is 4.39. The fourth-order valence-corrected chi connectivity index (χ4v) is 2.47. The molecule has 3 nitrogen and oxygen atoms in total. The average molecular weight is 220 g/mol. The van der Waals surface area contributed by atoms with Crippen molar-refractivity contribution in [2.75, 3.05) is 19.4 Å². The largest absolute Gasteiger partial charge is 0.496 e. The lowest BCUT2D eigenvalue weighted by Gasteiger charge is -2.31. The third-order valence-electron chi connectivity index (χ3n) is 3.23. The monoisotopic (exact) mass is 220 g/mol. The highest BCUT2D eigenvalue weighted by Crippen LogP contribution is 2.35. The van der Waals surface area contributed by atoms with Gasteiger partial charge in [-0.1, -0.05) is 13.8 Å². The Kier molecular flexibility index (Phi) is 3.06. The number of hydrogen-bond donors (Lipinski definition) is 2. The molecule has 1 heterocycles. The van der Waals surface area contributed by atoms with Crippen LogP contribution in [-0.2, 0) is 6.42 Å². The maximum absolute atomic E-state index is 5.91. The Bertz CT molecular complexity index is 388. The zero-order valence-corrected chi connectivity index (χ0v) is 10.2. The van der Waals surface area contributed by atoms with Gasteiger partial charge in [-0.3, -0.25) is 0 Å². The van der Waals surface area contributed by atoms with Crippen LogP contribution >= 0.6 is 0 Å². The van der Waals surface area contributed by atoms with Gasteiger partial charge in [-0.2, -0.15) is 0 Å². The van der Waals surface area contributed by atoms with Gasteiger partial charge in [0.2, 0.25) is 0 Å². The molecule has 0 saturated heterocycles. The number of nitrogens with one attached hydrogen (secondary N) is 1. The topological polar surface area (TPSA) is 47.3 Å². The zero-order valence-electron chi connectivity index (χ0n) is 10.2. The molecule has 0 fully saturated rings. The fraction of sp³-hybridized carbons (Fsp3) is 0.538. The molecule has 1 aromatic rings. The standard InChI is InChI=1S/C13H20N2O/c1-8(2)13-11-6-9(14)7-12(16-3)10(11)4-5-15-13/h6-8,13,15H,4-5,14H2,1-3H3. The molecule has 88 valence electrons. The molecular weight excluding hydrogens is 200 g/mol. The lowest BCUT2D eigenvalue weighted by atomic mass is 9.87. The summed E-state index contributed by atoms with van der Waals surface area (Å²) in [6.07, 6.45) is 1.02. The molecule has 1 aromatic carbocycles. The molecule has 2 rings (SSSR count). The van der Waals surface area contributed by atoms with E-state index < -0.39 is 0 Å². The normalized spacial score (nSPS) is 19.6. The second-order valence-corrected chi connectivity index (χ2v) is 4.72. The third-order valence-corrected chi connectivity index (χ3v) is 3.23.